The van der Waals surface area contributed by atoms with E-state index in [0.717, 1.165) is 16.6 Å². The highest BCUT2D eigenvalue weighted by Crippen LogP contribution is 2.19. The van der Waals surface area contributed by atoms with Crippen molar-refractivity contribution in [1.82, 2.24) is 5.32 Å². The van der Waals surface area contributed by atoms with E-state index in [0.29, 0.717) is 39.1 Å². The standard InChI is InChI=1S/C16H26BrNO3/c1-13(2)18-11-14-4-5-15(16(17)10-14)12-21-9-8-20-7-6-19-3/h4-5,10,13,18H,6-9,11-12H2,1-3H3. The molecule has 0 unspecified atom stereocenters. The lowest BCUT2D eigenvalue weighted by molar-refractivity contribution is 0.0198. The summed E-state index contributed by atoms with van der Waals surface area (Å²) in [6, 6.07) is 6.87. The topological polar surface area (TPSA) is 39.7 Å². The summed E-state index contributed by atoms with van der Waals surface area (Å²) in [5, 5.41) is 3.41. The Hall–Kier alpha value is -0.460. The predicted molar refractivity (Wildman–Crippen MR) is 88.5 cm³/mol. The molecule has 0 aliphatic rings. The van der Waals surface area contributed by atoms with Gasteiger partial charge >= 0.3 is 0 Å². The summed E-state index contributed by atoms with van der Waals surface area (Å²) in [4.78, 5) is 0. The van der Waals surface area contributed by atoms with Gasteiger partial charge in [0.05, 0.1) is 33.0 Å². The van der Waals surface area contributed by atoms with Crippen LogP contribution >= 0.6 is 15.9 Å². The molecule has 1 aromatic rings. The van der Waals surface area contributed by atoms with Crippen LogP contribution in [0, 0.1) is 0 Å². The van der Waals surface area contributed by atoms with Crippen molar-refractivity contribution >= 4 is 15.9 Å². The molecule has 0 fully saturated rings. The van der Waals surface area contributed by atoms with Gasteiger partial charge in [-0.25, -0.2) is 0 Å². The maximum absolute atomic E-state index is 5.61. The molecule has 120 valence electrons. The molecule has 0 aliphatic carbocycles. The van der Waals surface area contributed by atoms with Gasteiger partial charge < -0.3 is 19.5 Å². The van der Waals surface area contributed by atoms with E-state index in [9.17, 15) is 0 Å². The molecule has 0 aliphatic heterocycles. The smallest absolute Gasteiger partial charge is 0.0728 e. The van der Waals surface area contributed by atoms with Crippen molar-refractivity contribution in [3.05, 3.63) is 33.8 Å². The Labute approximate surface area is 136 Å². The summed E-state index contributed by atoms with van der Waals surface area (Å²) in [5.41, 5.74) is 2.42. The molecule has 0 spiro atoms. The molecule has 0 saturated carbocycles. The van der Waals surface area contributed by atoms with Gasteiger partial charge in [-0.3, -0.25) is 0 Å². The molecule has 0 bridgehead atoms. The average Bonchev–Trinajstić information content (AvgIpc) is 2.46. The Balaban J connectivity index is 2.26. The van der Waals surface area contributed by atoms with Crippen molar-refractivity contribution < 1.29 is 14.2 Å². The van der Waals surface area contributed by atoms with E-state index in [1.165, 1.54) is 5.56 Å². The van der Waals surface area contributed by atoms with Crippen LogP contribution < -0.4 is 5.32 Å². The fourth-order valence-corrected chi connectivity index (χ4v) is 2.22. The molecule has 21 heavy (non-hydrogen) atoms. The quantitative estimate of drug-likeness (QED) is 0.616. The highest BCUT2D eigenvalue weighted by Gasteiger charge is 2.03. The number of methoxy groups -OCH3 is 1. The van der Waals surface area contributed by atoms with E-state index in [1.54, 1.807) is 7.11 Å². The molecule has 0 amide bonds. The third-order valence-electron chi connectivity index (χ3n) is 2.89. The molecular formula is C16H26BrNO3. The fourth-order valence-electron chi connectivity index (χ4n) is 1.68. The first-order chi connectivity index (χ1) is 10.1. The zero-order chi connectivity index (χ0) is 15.5. The van der Waals surface area contributed by atoms with Gasteiger partial charge in [0.1, 0.15) is 0 Å². The van der Waals surface area contributed by atoms with Gasteiger partial charge in [-0.05, 0) is 17.2 Å². The van der Waals surface area contributed by atoms with Crippen molar-refractivity contribution in [3.8, 4) is 0 Å². The molecule has 0 aromatic heterocycles. The van der Waals surface area contributed by atoms with E-state index < -0.39 is 0 Å². The van der Waals surface area contributed by atoms with Gasteiger partial charge in [0, 0.05) is 24.2 Å². The molecule has 1 N–H and O–H groups in total. The van der Waals surface area contributed by atoms with Crippen LogP contribution in [0.25, 0.3) is 0 Å². The van der Waals surface area contributed by atoms with E-state index in [4.69, 9.17) is 14.2 Å². The van der Waals surface area contributed by atoms with Gasteiger partial charge in [-0.2, -0.15) is 0 Å². The van der Waals surface area contributed by atoms with Crippen molar-refractivity contribution in [3.63, 3.8) is 0 Å². The largest absolute Gasteiger partial charge is 0.382 e. The Morgan fingerprint density at radius 2 is 1.81 bits per heavy atom. The zero-order valence-corrected chi connectivity index (χ0v) is 14.7. The maximum atomic E-state index is 5.61. The molecule has 5 heteroatoms. The van der Waals surface area contributed by atoms with Crippen LogP contribution in [0.5, 0.6) is 0 Å². The van der Waals surface area contributed by atoms with E-state index in [1.807, 2.05) is 0 Å². The molecule has 0 heterocycles. The minimum absolute atomic E-state index is 0.491. The number of hydrogen-bond acceptors (Lipinski definition) is 4. The number of benzene rings is 1. The Morgan fingerprint density at radius 1 is 1.10 bits per heavy atom. The first kappa shape index (κ1) is 18.6. The van der Waals surface area contributed by atoms with Crippen LogP contribution in [0.15, 0.2) is 22.7 Å². The minimum Gasteiger partial charge on any atom is -0.382 e. The average molecular weight is 360 g/mol. The summed E-state index contributed by atoms with van der Waals surface area (Å²) < 4.78 is 16.9. The Bertz CT molecular complexity index is 399. The summed E-state index contributed by atoms with van der Waals surface area (Å²) in [6.45, 7) is 8.18. The highest BCUT2D eigenvalue weighted by molar-refractivity contribution is 9.10. The fraction of sp³-hybridized carbons (Fsp3) is 0.625. The molecule has 1 aromatic carbocycles. The number of hydrogen-bond donors (Lipinski definition) is 1. The van der Waals surface area contributed by atoms with Crippen LogP contribution in [-0.4, -0.2) is 39.6 Å². The lowest BCUT2D eigenvalue weighted by atomic mass is 10.1. The monoisotopic (exact) mass is 359 g/mol. The van der Waals surface area contributed by atoms with Crippen LogP contribution in [0.4, 0.5) is 0 Å². The van der Waals surface area contributed by atoms with Gasteiger partial charge in [-0.1, -0.05) is 41.9 Å². The normalized spacial score (nSPS) is 11.3. The summed E-state index contributed by atoms with van der Waals surface area (Å²) in [6.07, 6.45) is 0. The maximum Gasteiger partial charge on any atom is 0.0728 e. The predicted octanol–water partition coefficient (Wildman–Crippen LogP) is 3.13. The van der Waals surface area contributed by atoms with E-state index in [2.05, 4.69) is 53.3 Å². The van der Waals surface area contributed by atoms with E-state index >= 15 is 0 Å². The second-order valence-electron chi connectivity index (χ2n) is 5.12. The highest BCUT2D eigenvalue weighted by atomic mass is 79.9. The first-order valence-electron chi connectivity index (χ1n) is 7.28. The molecular weight excluding hydrogens is 334 g/mol. The summed E-state index contributed by atoms with van der Waals surface area (Å²) >= 11 is 3.60. The third kappa shape index (κ3) is 8.53. The second-order valence-corrected chi connectivity index (χ2v) is 5.97. The van der Waals surface area contributed by atoms with Crippen molar-refractivity contribution in [2.75, 3.05) is 33.5 Å². The SMILES string of the molecule is COCCOCCOCc1ccc(CNC(C)C)cc1Br. The van der Waals surface area contributed by atoms with Crippen molar-refractivity contribution in [2.24, 2.45) is 0 Å². The third-order valence-corrected chi connectivity index (χ3v) is 3.63. The van der Waals surface area contributed by atoms with Crippen LogP contribution in [-0.2, 0) is 27.4 Å². The zero-order valence-electron chi connectivity index (χ0n) is 13.2. The van der Waals surface area contributed by atoms with Gasteiger partial charge in [0.2, 0.25) is 0 Å². The lowest BCUT2D eigenvalue weighted by Gasteiger charge is -2.11. The van der Waals surface area contributed by atoms with Gasteiger partial charge in [0.25, 0.3) is 0 Å². The first-order valence-corrected chi connectivity index (χ1v) is 8.08. The van der Waals surface area contributed by atoms with Crippen LogP contribution in [0.3, 0.4) is 0 Å². The minimum atomic E-state index is 0.491. The molecule has 0 radical (unpaired) electrons. The summed E-state index contributed by atoms with van der Waals surface area (Å²) in [5.74, 6) is 0. The van der Waals surface area contributed by atoms with Crippen molar-refractivity contribution in [2.45, 2.75) is 33.0 Å². The molecule has 1 rings (SSSR count). The van der Waals surface area contributed by atoms with E-state index in [-0.39, 0.29) is 0 Å². The van der Waals surface area contributed by atoms with Crippen molar-refractivity contribution in [1.29, 1.82) is 0 Å². The Kier molecular flexibility index (Phi) is 9.87. The molecule has 0 atom stereocenters. The van der Waals surface area contributed by atoms with Crippen LogP contribution in [0.2, 0.25) is 0 Å². The molecule has 4 nitrogen and oxygen atoms in total. The van der Waals surface area contributed by atoms with Crippen LogP contribution in [0.1, 0.15) is 25.0 Å². The lowest BCUT2D eigenvalue weighted by Crippen LogP contribution is -2.21. The number of halogens is 1. The number of rotatable bonds is 11. The van der Waals surface area contributed by atoms with Gasteiger partial charge in [0.15, 0.2) is 0 Å². The number of nitrogens with one attached hydrogen (secondary N) is 1. The summed E-state index contributed by atoms with van der Waals surface area (Å²) in [7, 11) is 1.66. The van der Waals surface area contributed by atoms with Gasteiger partial charge in [-0.15, -0.1) is 0 Å². The Morgan fingerprint density at radius 3 is 2.48 bits per heavy atom. The number of ether oxygens (including phenoxy) is 3. The second kappa shape index (κ2) is 11.2. The molecule has 0 saturated heterocycles.